The van der Waals surface area contributed by atoms with Crippen LogP contribution in [-0.2, 0) is 14.3 Å². The van der Waals surface area contributed by atoms with Crippen LogP contribution in [0.3, 0.4) is 0 Å². The second-order valence-corrected chi connectivity index (χ2v) is 4.66. The van der Waals surface area contributed by atoms with Gasteiger partial charge in [0, 0.05) is 16.3 Å². The van der Waals surface area contributed by atoms with Crippen molar-refractivity contribution in [2.24, 2.45) is 0 Å². The first kappa shape index (κ1) is 14.0. The van der Waals surface area contributed by atoms with Gasteiger partial charge in [0.05, 0.1) is 6.61 Å². The highest BCUT2D eigenvalue weighted by Crippen LogP contribution is 2.15. The molecule has 0 aliphatic heterocycles. The Kier molecular flexibility index (Phi) is 5.40. The summed E-state index contributed by atoms with van der Waals surface area (Å²) in [5.41, 5.74) is 0.764. The van der Waals surface area contributed by atoms with Crippen molar-refractivity contribution in [3.05, 3.63) is 27.8 Å². The predicted octanol–water partition coefficient (Wildman–Crippen LogP) is 2.21. The monoisotopic (exact) mass is 347 g/mol. The predicted molar refractivity (Wildman–Crippen MR) is 73.8 cm³/mol. The van der Waals surface area contributed by atoms with Gasteiger partial charge < -0.3 is 9.64 Å². The fourth-order valence-electron chi connectivity index (χ4n) is 1.26. The Bertz CT molecular complexity index is 403. The fraction of sp³-hybridized carbons (Fsp3) is 0.333. The Morgan fingerprint density at radius 3 is 2.41 bits per heavy atom. The molecule has 0 aromatic heterocycles. The average molecular weight is 347 g/mol. The molecule has 0 aliphatic carbocycles. The first-order valence-corrected chi connectivity index (χ1v) is 6.30. The Morgan fingerprint density at radius 1 is 1.29 bits per heavy atom. The van der Waals surface area contributed by atoms with E-state index in [4.69, 9.17) is 4.74 Å². The number of hydrogen-bond acceptors (Lipinski definition) is 3. The van der Waals surface area contributed by atoms with Crippen LogP contribution in [0.4, 0.5) is 5.69 Å². The van der Waals surface area contributed by atoms with E-state index in [1.165, 1.54) is 4.90 Å². The molecule has 1 amide bonds. The van der Waals surface area contributed by atoms with Gasteiger partial charge in [-0.25, -0.2) is 0 Å². The second kappa shape index (κ2) is 6.58. The van der Waals surface area contributed by atoms with Gasteiger partial charge in [0.25, 0.3) is 0 Å². The Balaban J connectivity index is 2.63. The van der Waals surface area contributed by atoms with Crippen LogP contribution >= 0.6 is 22.6 Å². The van der Waals surface area contributed by atoms with Crippen molar-refractivity contribution >= 4 is 40.2 Å². The summed E-state index contributed by atoms with van der Waals surface area (Å²) in [6.45, 7) is 2.00. The Hall–Kier alpha value is -1.11. The van der Waals surface area contributed by atoms with Crippen LogP contribution < -0.4 is 4.90 Å². The van der Waals surface area contributed by atoms with Crippen LogP contribution in [-0.4, -0.2) is 25.5 Å². The number of nitrogens with zero attached hydrogens (tertiary/aromatic N) is 1. The van der Waals surface area contributed by atoms with E-state index < -0.39 is 5.97 Å². The third-order valence-electron chi connectivity index (χ3n) is 2.19. The first-order valence-electron chi connectivity index (χ1n) is 5.22. The normalized spacial score (nSPS) is 9.82. The molecule has 0 heterocycles. The minimum absolute atomic E-state index is 0.226. The third kappa shape index (κ3) is 4.33. The molecule has 0 spiro atoms. The van der Waals surface area contributed by atoms with Crippen molar-refractivity contribution in [2.75, 3.05) is 18.6 Å². The lowest BCUT2D eigenvalue weighted by atomic mass is 10.3. The van der Waals surface area contributed by atoms with Gasteiger partial charge in [-0.2, -0.15) is 0 Å². The average Bonchev–Trinajstić information content (AvgIpc) is 2.29. The number of halogens is 1. The molecule has 92 valence electrons. The van der Waals surface area contributed by atoms with Gasteiger partial charge in [-0.15, -0.1) is 0 Å². The van der Waals surface area contributed by atoms with E-state index in [9.17, 15) is 9.59 Å². The molecule has 5 heteroatoms. The van der Waals surface area contributed by atoms with E-state index in [2.05, 4.69) is 22.6 Å². The fourth-order valence-corrected chi connectivity index (χ4v) is 1.62. The first-order chi connectivity index (χ1) is 8.04. The second-order valence-electron chi connectivity index (χ2n) is 3.41. The van der Waals surface area contributed by atoms with E-state index in [1.54, 1.807) is 14.0 Å². The standard InChI is InChI=1S/C12H14INO3/c1-3-17-12(16)8-11(15)14(2)10-6-4-9(13)5-7-10/h4-7H,3,8H2,1-2H3. The molecule has 4 nitrogen and oxygen atoms in total. The molecule has 0 fully saturated rings. The van der Waals surface area contributed by atoms with E-state index in [-0.39, 0.29) is 12.3 Å². The lowest BCUT2D eigenvalue weighted by Crippen LogP contribution is -2.28. The summed E-state index contributed by atoms with van der Waals surface area (Å²) in [6.07, 6.45) is -0.226. The molecule has 0 N–H and O–H groups in total. The number of esters is 1. The molecular weight excluding hydrogens is 333 g/mol. The summed E-state index contributed by atoms with van der Waals surface area (Å²) < 4.78 is 5.83. The summed E-state index contributed by atoms with van der Waals surface area (Å²) in [5.74, 6) is -0.764. The topological polar surface area (TPSA) is 46.6 Å². The molecule has 1 aromatic rings. The van der Waals surface area contributed by atoms with Gasteiger partial charge in [-0.05, 0) is 53.8 Å². The van der Waals surface area contributed by atoms with Crippen LogP contribution in [0.2, 0.25) is 0 Å². The quantitative estimate of drug-likeness (QED) is 0.477. The van der Waals surface area contributed by atoms with Crippen LogP contribution in [0, 0.1) is 3.57 Å². The van der Waals surface area contributed by atoms with Crippen LogP contribution in [0.15, 0.2) is 24.3 Å². The zero-order valence-electron chi connectivity index (χ0n) is 9.77. The summed E-state index contributed by atoms with van der Waals surface area (Å²) >= 11 is 2.19. The number of amides is 1. The highest BCUT2D eigenvalue weighted by molar-refractivity contribution is 14.1. The molecular formula is C12H14INO3. The number of anilines is 1. The van der Waals surface area contributed by atoms with Crippen LogP contribution in [0.25, 0.3) is 0 Å². The van der Waals surface area contributed by atoms with Gasteiger partial charge in [0.1, 0.15) is 6.42 Å². The van der Waals surface area contributed by atoms with E-state index >= 15 is 0 Å². The molecule has 17 heavy (non-hydrogen) atoms. The third-order valence-corrected chi connectivity index (χ3v) is 2.91. The molecule has 1 rings (SSSR count). The lowest BCUT2D eigenvalue weighted by molar-refractivity contribution is -0.145. The van der Waals surface area contributed by atoms with Gasteiger partial charge in [0.15, 0.2) is 0 Å². The SMILES string of the molecule is CCOC(=O)CC(=O)N(C)c1ccc(I)cc1. The van der Waals surface area contributed by atoms with Crippen molar-refractivity contribution in [2.45, 2.75) is 13.3 Å². The molecule has 0 aliphatic rings. The summed E-state index contributed by atoms with van der Waals surface area (Å²) in [5, 5.41) is 0. The minimum Gasteiger partial charge on any atom is -0.466 e. The van der Waals surface area contributed by atoms with Crippen molar-refractivity contribution in [3.8, 4) is 0 Å². The van der Waals surface area contributed by atoms with Crippen LogP contribution in [0.5, 0.6) is 0 Å². The summed E-state index contributed by atoms with van der Waals surface area (Å²) in [4.78, 5) is 24.4. The zero-order chi connectivity index (χ0) is 12.8. The van der Waals surface area contributed by atoms with E-state index in [0.717, 1.165) is 9.26 Å². The largest absolute Gasteiger partial charge is 0.466 e. The van der Waals surface area contributed by atoms with Crippen molar-refractivity contribution in [1.82, 2.24) is 0 Å². The van der Waals surface area contributed by atoms with Gasteiger partial charge in [-0.3, -0.25) is 9.59 Å². The molecule has 0 saturated carbocycles. The molecule has 0 saturated heterocycles. The van der Waals surface area contributed by atoms with E-state index in [0.29, 0.717) is 6.61 Å². The molecule has 0 bridgehead atoms. The summed E-state index contributed by atoms with van der Waals surface area (Å²) in [6, 6.07) is 7.49. The van der Waals surface area contributed by atoms with Gasteiger partial charge in [0.2, 0.25) is 5.91 Å². The molecule has 1 aromatic carbocycles. The summed E-state index contributed by atoms with van der Waals surface area (Å²) in [7, 11) is 1.64. The van der Waals surface area contributed by atoms with Gasteiger partial charge >= 0.3 is 5.97 Å². The zero-order valence-corrected chi connectivity index (χ0v) is 11.9. The maximum Gasteiger partial charge on any atom is 0.315 e. The van der Waals surface area contributed by atoms with Crippen LogP contribution in [0.1, 0.15) is 13.3 Å². The number of hydrogen-bond donors (Lipinski definition) is 0. The smallest absolute Gasteiger partial charge is 0.315 e. The maximum atomic E-state index is 11.7. The highest BCUT2D eigenvalue weighted by atomic mass is 127. The lowest BCUT2D eigenvalue weighted by Gasteiger charge is -2.16. The van der Waals surface area contributed by atoms with Gasteiger partial charge in [-0.1, -0.05) is 0 Å². The molecule has 0 radical (unpaired) electrons. The molecule has 0 atom stereocenters. The van der Waals surface area contributed by atoms with Crippen molar-refractivity contribution in [3.63, 3.8) is 0 Å². The van der Waals surface area contributed by atoms with E-state index in [1.807, 2.05) is 24.3 Å². The number of benzene rings is 1. The maximum absolute atomic E-state index is 11.7. The number of ether oxygens (including phenoxy) is 1. The van der Waals surface area contributed by atoms with Crippen molar-refractivity contribution in [1.29, 1.82) is 0 Å². The Morgan fingerprint density at radius 2 is 1.88 bits per heavy atom. The number of rotatable bonds is 4. The highest BCUT2D eigenvalue weighted by Gasteiger charge is 2.15. The number of carbonyl (C=O) groups excluding carboxylic acids is 2. The minimum atomic E-state index is -0.491. The number of carbonyl (C=O) groups is 2. The Labute approximate surface area is 114 Å². The van der Waals surface area contributed by atoms with Crippen molar-refractivity contribution < 1.29 is 14.3 Å². The molecule has 0 unspecified atom stereocenters.